The molecule has 88 valence electrons. The Morgan fingerprint density at radius 3 is 2.19 bits per heavy atom. The zero-order valence-electron chi connectivity index (χ0n) is 10.0. The van der Waals surface area contributed by atoms with Gasteiger partial charge in [0.1, 0.15) is 0 Å². The number of amides is 2. The number of hydrogen-bond acceptors (Lipinski definition) is 1. The molecule has 0 aliphatic heterocycles. The van der Waals surface area contributed by atoms with Gasteiger partial charge in [0, 0.05) is 16.2 Å². The van der Waals surface area contributed by atoms with Crippen LogP contribution in [0.1, 0.15) is 25.0 Å². The highest BCUT2D eigenvalue weighted by atomic mass is 79.9. The Kier molecular flexibility index (Phi) is 4.35. The monoisotopic (exact) mass is 284 g/mol. The van der Waals surface area contributed by atoms with Crippen LogP contribution in [0.15, 0.2) is 16.6 Å². The van der Waals surface area contributed by atoms with Gasteiger partial charge in [0.05, 0.1) is 0 Å². The predicted octanol–water partition coefficient (Wildman–Crippen LogP) is 3.60. The van der Waals surface area contributed by atoms with Gasteiger partial charge < -0.3 is 10.6 Å². The van der Waals surface area contributed by atoms with Crippen LogP contribution in [0.5, 0.6) is 0 Å². The van der Waals surface area contributed by atoms with Gasteiger partial charge in [0.15, 0.2) is 0 Å². The first-order valence-corrected chi connectivity index (χ1v) is 6.03. The summed E-state index contributed by atoms with van der Waals surface area (Å²) in [5.74, 6) is 0. The lowest BCUT2D eigenvalue weighted by atomic mass is 10.1. The smallest absolute Gasteiger partial charge is 0.319 e. The van der Waals surface area contributed by atoms with E-state index in [1.165, 1.54) is 0 Å². The third kappa shape index (κ3) is 3.52. The molecule has 0 aromatic heterocycles. The van der Waals surface area contributed by atoms with E-state index in [0.29, 0.717) is 0 Å². The summed E-state index contributed by atoms with van der Waals surface area (Å²) in [6.45, 7) is 7.81. The zero-order chi connectivity index (χ0) is 12.3. The third-order valence-electron chi connectivity index (χ3n) is 2.16. The molecule has 16 heavy (non-hydrogen) atoms. The number of halogens is 1. The van der Waals surface area contributed by atoms with Gasteiger partial charge in [-0.2, -0.15) is 0 Å². The summed E-state index contributed by atoms with van der Waals surface area (Å²) < 4.78 is 1.03. The van der Waals surface area contributed by atoms with Gasteiger partial charge in [-0.15, -0.1) is 0 Å². The molecular weight excluding hydrogens is 268 g/mol. The van der Waals surface area contributed by atoms with Crippen LogP contribution >= 0.6 is 15.9 Å². The van der Waals surface area contributed by atoms with Crippen molar-refractivity contribution < 1.29 is 4.79 Å². The van der Waals surface area contributed by atoms with Crippen LogP contribution in [0.4, 0.5) is 10.5 Å². The summed E-state index contributed by atoms with van der Waals surface area (Å²) in [5, 5.41) is 5.66. The summed E-state index contributed by atoms with van der Waals surface area (Å²) in [5.41, 5.74) is 2.97. The summed E-state index contributed by atoms with van der Waals surface area (Å²) in [6, 6.07) is 3.94. The minimum absolute atomic E-state index is 0.135. The van der Waals surface area contributed by atoms with E-state index in [1.54, 1.807) is 0 Å². The second kappa shape index (κ2) is 5.34. The number of nitrogens with one attached hydrogen (secondary N) is 2. The molecule has 1 aromatic rings. The molecule has 0 aliphatic carbocycles. The molecule has 3 nitrogen and oxygen atoms in total. The first kappa shape index (κ1) is 13.0. The van der Waals surface area contributed by atoms with Crippen molar-refractivity contribution in [3.05, 3.63) is 27.7 Å². The SMILES string of the molecule is Cc1cc(Br)cc(C)c1NC(=O)NC(C)C. The van der Waals surface area contributed by atoms with E-state index in [-0.39, 0.29) is 12.1 Å². The number of aryl methyl sites for hydroxylation is 2. The number of urea groups is 1. The van der Waals surface area contributed by atoms with Crippen LogP contribution in [0.2, 0.25) is 0 Å². The van der Waals surface area contributed by atoms with Gasteiger partial charge in [-0.1, -0.05) is 15.9 Å². The summed E-state index contributed by atoms with van der Waals surface area (Å²) in [4.78, 5) is 11.6. The first-order chi connectivity index (χ1) is 7.40. The maximum atomic E-state index is 11.6. The van der Waals surface area contributed by atoms with Crippen molar-refractivity contribution in [3.8, 4) is 0 Å². The van der Waals surface area contributed by atoms with Gasteiger partial charge in [-0.25, -0.2) is 4.79 Å². The standard InChI is InChI=1S/C12H17BrN2O/c1-7(2)14-12(16)15-11-8(3)5-10(13)6-9(11)4/h5-7H,1-4H3,(H2,14,15,16). The van der Waals surface area contributed by atoms with Crippen LogP contribution in [0.3, 0.4) is 0 Å². The fourth-order valence-electron chi connectivity index (χ4n) is 1.52. The molecule has 0 unspecified atom stereocenters. The molecule has 2 amide bonds. The number of benzene rings is 1. The second-order valence-corrected chi connectivity index (χ2v) is 5.08. The van der Waals surface area contributed by atoms with Crippen LogP contribution < -0.4 is 10.6 Å². The van der Waals surface area contributed by atoms with Crippen LogP contribution in [0, 0.1) is 13.8 Å². The van der Waals surface area contributed by atoms with Gasteiger partial charge in [0.25, 0.3) is 0 Å². The Labute approximate surface area is 105 Å². The van der Waals surface area contributed by atoms with Crippen molar-refractivity contribution in [2.45, 2.75) is 33.7 Å². The van der Waals surface area contributed by atoms with Crippen molar-refractivity contribution >= 4 is 27.6 Å². The van der Waals surface area contributed by atoms with E-state index in [2.05, 4.69) is 26.6 Å². The fraction of sp³-hybridized carbons (Fsp3) is 0.417. The van der Waals surface area contributed by atoms with Crippen molar-refractivity contribution in [3.63, 3.8) is 0 Å². The lowest BCUT2D eigenvalue weighted by molar-refractivity contribution is 0.250. The zero-order valence-corrected chi connectivity index (χ0v) is 11.6. The largest absolute Gasteiger partial charge is 0.336 e. The van der Waals surface area contributed by atoms with E-state index in [4.69, 9.17) is 0 Å². The van der Waals surface area contributed by atoms with Gasteiger partial charge in [-0.05, 0) is 51.0 Å². The number of anilines is 1. The van der Waals surface area contributed by atoms with Gasteiger partial charge >= 0.3 is 6.03 Å². The summed E-state index contributed by atoms with van der Waals surface area (Å²) >= 11 is 3.43. The molecule has 2 N–H and O–H groups in total. The number of rotatable bonds is 2. The molecule has 0 saturated carbocycles. The summed E-state index contributed by atoms with van der Waals surface area (Å²) in [7, 11) is 0. The highest BCUT2D eigenvalue weighted by molar-refractivity contribution is 9.10. The molecule has 0 spiro atoms. The topological polar surface area (TPSA) is 41.1 Å². The Morgan fingerprint density at radius 2 is 1.75 bits per heavy atom. The molecule has 0 heterocycles. The molecule has 0 saturated heterocycles. The van der Waals surface area contributed by atoms with Crippen molar-refractivity contribution in [1.29, 1.82) is 0 Å². The lowest BCUT2D eigenvalue weighted by Gasteiger charge is -2.14. The highest BCUT2D eigenvalue weighted by Gasteiger charge is 2.08. The Morgan fingerprint density at radius 1 is 1.25 bits per heavy atom. The van der Waals surface area contributed by atoms with E-state index in [9.17, 15) is 4.79 Å². The van der Waals surface area contributed by atoms with Gasteiger partial charge in [0.2, 0.25) is 0 Å². The van der Waals surface area contributed by atoms with E-state index in [1.807, 2.05) is 39.8 Å². The number of carbonyl (C=O) groups is 1. The maximum absolute atomic E-state index is 11.6. The molecular formula is C12H17BrN2O. The summed E-state index contributed by atoms with van der Waals surface area (Å²) in [6.07, 6.45) is 0. The lowest BCUT2D eigenvalue weighted by Crippen LogP contribution is -2.34. The van der Waals surface area contributed by atoms with E-state index < -0.39 is 0 Å². The second-order valence-electron chi connectivity index (χ2n) is 4.17. The minimum Gasteiger partial charge on any atom is -0.336 e. The Balaban J connectivity index is 2.85. The molecule has 4 heteroatoms. The molecule has 0 atom stereocenters. The molecule has 1 aromatic carbocycles. The quantitative estimate of drug-likeness (QED) is 0.856. The normalized spacial score (nSPS) is 10.4. The van der Waals surface area contributed by atoms with Crippen LogP contribution in [-0.2, 0) is 0 Å². The molecule has 0 fully saturated rings. The predicted molar refractivity (Wildman–Crippen MR) is 70.9 cm³/mol. The Hall–Kier alpha value is -1.03. The molecule has 1 rings (SSSR count). The molecule has 0 bridgehead atoms. The van der Waals surface area contributed by atoms with Crippen molar-refractivity contribution in [2.75, 3.05) is 5.32 Å². The average molecular weight is 285 g/mol. The molecule has 0 aliphatic rings. The number of hydrogen-bond donors (Lipinski definition) is 2. The van der Waals surface area contributed by atoms with E-state index >= 15 is 0 Å². The fourth-order valence-corrected chi connectivity index (χ4v) is 2.21. The van der Waals surface area contributed by atoms with Crippen molar-refractivity contribution in [1.82, 2.24) is 5.32 Å². The number of carbonyl (C=O) groups excluding carboxylic acids is 1. The average Bonchev–Trinajstić information content (AvgIpc) is 2.09. The van der Waals surface area contributed by atoms with Crippen LogP contribution in [-0.4, -0.2) is 12.1 Å². The highest BCUT2D eigenvalue weighted by Crippen LogP contribution is 2.24. The maximum Gasteiger partial charge on any atom is 0.319 e. The third-order valence-corrected chi connectivity index (χ3v) is 2.61. The van der Waals surface area contributed by atoms with E-state index in [0.717, 1.165) is 21.3 Å². The molecule has 0 radical (unpaired) electrons. The Bertz CT molecular complexity index is 379. The minimum atomic E-state index is -0.163. The van der Waals surface area contributed by atoms with Crippen molar-refractivity contribution in [2.24, 2.45) is 0 Å². The van der Waals surface area contributed by atoms with Gasteiger partial charge in [-0.3, -0.25) is 0 Å². The first-order valence-electron chi connectivity index (χ1n) is 5.24. The van der Waals surface area contributed by atoms with Crippen LogP contribution in [0.25, 0.3) is 0 Å².